The van der Waals surface area contributed by atoms with Crippen molar-refractivity contribution < 1.29 is 14.6 Å². The van der Waals surface area contributed by atoms with E-state index in [1.165, 1.54) is 11.5 Å². The van der Waals surface area contributed by atoms with Gasteiger partial charge in [-0.3, -0.25) is 0 Å². The minimum Gasteiger partial charge on any atom is -0.492 e. The van der Waals surface area contributed by atoms with Crippen LogP contribution in [-0.2, 0) is 0 Å². The van der Waals surface area contributed by atoms with E-state index >= 15 is 0 Å². The van der Waals surface area contributed by atoms with Gasteiger partial charge in [0.2, 0.25) is 0 Å². The molecule has 0 saturated carbocycles. The van der Waals surface area contributed by atoms with Crippen molar-refractivity contribution in [2.75, 3.05) is 24.7 Å². The minimum absolute atomic E-state index is 0.275. The van der Waals surface area contributed by atoms with E-state index in [0.717, 1.165) is 13.0 Å². The Morgan fingerprint density at radius 3 is 2.70 bits per heavy atom. The molecule has 0 heterocycles. The van der Waals surface area contributed by atoms with Gasteiger partial charge in [-0.1, -0.05) is 6.92 Å². The molecule has 0 aliphatic rings. The number of carboxylic acids is 1. The highest BCUT2D eigenvalue weighted by molar-refractivity contribution is 7.99. The first-order valence-corrected chi connectivity index (χ1v) is 8.06. The molecular weight excluding hydrogens is 274 g/mol. The summed E-state index contributed by atoms with van der Waals surface area (Å²) < 4.78 is 5.56. The van der Waals surface area contributed by atoms with Crippen molar-refractivity contribution in [3.63, 3.8) is 0 Å². The van der Waals surface area contributed by atoms with Gasteiger partial charge in [-0.05, 0) is 49.1 Å². The smallest absolute Gasteiger partial charge is 0.335 e. The molecule has 0 radical (unpaired) electrons. The van der Waals surface area contributed by atoms with Crippen LogP contribution in [0, 0.1) is 0 Å². The molecule has 2 N–H and O–H groups in total. The summed E-state index contributed by atoms with van der Waals surface area (Å²) in [6.07, 6.45) is 1.16. The van der Waals surface area contributed by atoms with Gasteiger partial charge in [0.25, 0.3) is 0 Å². The Kier molecular flexibility index (Phi) is 8.14. The number of thioether (sulfide) groups is 1. The predicted molar refractivity (Wildman–Crippen MR) is 84.0 cm³/mol. The van der Waals surface area contributed by atoms with Crippen molar-refractivity contribution in [2.45, 2.75) is 26.3 Å². The zero-order chi connectivity index (χ0) is 14.8. The van der Waals surface area contributed by atoms with Crippen molar-refractivity contribution >= 4 is 17.7 Å². The monoisotopic (exact) mass is 297 g/mol. The zero-order valence-corrected chi connectivity index (χ0v) is 12.9. The van der Waals surface area contributed by atoms with E-state index in [1.807, 2.05) is 11.8 Å². The highest BCUT2D eigenvalue weighted by atomic mass is 32.2. The molecule has 1 rings (SSSR count). The number of hydrogen-bond acceptors (Lipinski definition) is 4. The van der Waals surface area contributed by atoms with Crippen molar-refractivity contribution in [2.24, 2.45) is 0 Å². The van der Waals surface area contributed by atoms with Crippen molar-refractivity contribution in [1.29, 1.82) is 0 Å². The van der Waals surface area contributed by atoms with E-state index < -0.39 is 5.97 Å². The quantitative estimate of drug-likeness (QED) is 0.650. The lowest BCUT2D eigenvalue weighted by Crippen LogP contribution is -2.30. The fourth-order valence-corrected chi connectivity index (χ4v) is 2.48. The third kappa shape index (κ3) is 6.82. The van der Waals surface area contributed by atoms with E-state index in [9.17, 15) is 4.79 Å². The van der Waals surface area contributed by atoms with Gasteiger partial charge in [0, 0.05) is 12.6 Å². The van der Waals surface area contributed by atoms with Gasteiger partial charge in [-0.2, -0.15) is 11.8 Å². The maximum absolute atomic E-state index is 10.7. The van der Waals surface area contributed by atoms with Crippen molar-refractivity contribution in [3.05, 3.63) is 29.8 Å². The van der Waals surface area contributed by atoms with E-state index in [2.05, 4.69) is 19.2 Å². The molecule has 0 aliphatic heterocycles. The number of hydrogen-bond donors (Lipinski definition) is 2. The van der Waals surface area contributed by atoms with E-state index in [-0.39, 0.29) is 5.56 Å². The molecule has 0 bridgehead atoms. The first kappa shape index (κ1) is 16.9. The van der Waals surface area contributed by atoms with Crippen LogP contribution in [0.15, 0.2) is 24.3 Å². The van der Waals surface area contributed by atoms with E-state index in [4.69, 9.17) is 9.84 Å². The average Bonchev–Trinajstić information content (AvgIpc) is 2.44. The summed E-state index contributed by atoms with van der Waals surface area (Å²) in [5.74, 6) is 2.13. The van der Waals surface area contributed by atoms with Crippen molar-refractivity contribution in [3.8, 4) is 5.75 Å². The molecule has 1 unspecified atom stereocenters. The maximum atomic E-state index is 10.7. The molecule has 5 heteroatoms. The Hall–Kier alpha value is -1.20. The molecule has 4 nitrogen and oxygen atoms in total. The molecule has 0 aliphatic carbocycles. The van der Waals surface area contributed by atoms with Crippen LogP contribution >= 0.6 is 11.8 Å². The third-order valence-corrected chi connectivity index (χ3v) is 3.80. The Labute approximate surface area is 124 Å². The SMILES string of the molecule is CCSCCC(C)NCCOc1ccc(C(=O)O)cc1. The summed E-state index contributed by atoms with van der Waals surface area (Å²) in [5.41, 5.74) is 0.275. The third-order valence-electron chi connectivity index (χ3n) is 2.86. The second kappa shape index (κ2) is 9.66. The minimum atomic E-state index is -0.919. The van der Waals surface area contributed by atoms with Crippen molar-refractivity contribution in [1.82, 2.24) is 5.32 Å². The number of benzene rings is 1. The molecular formula is C15H23NO3S. The van der Waals surface area contributed by atoms with Crippen LogP contribution in [0.5, 0.6) is 5.75 Å². The number of nitrogens with one attached hydrogen (secondary N) is 1. The largest absolute Gasteiger partial charge is 0.492 e. The summed E-state index contributed by atoms with van der Waals surface area (Å²) in [4.78, 5) is 10.7. The normalized spacial score (nSPS) is 12.1. The van der Waals surface area contributed by atoms with Gasteiger partial charge in [0.1, 0.15) is 12.4 Å². The molecule has 1 aromatic carbocycles. The summed E-state index contributed by atoms with van der Waals surface area (Å²) >= 11 is 1.96. The maximum Gasteiger partial charge on any atom is 0.335 e. The van der Waals surface area contributed by atoms with Gasteiger partial charge < -0.3 is 15.2 Å². The van der Waals surface area contributed by atoms with Crippen LogP contribution < -0.4 is 10.1 Å². The van der Waals surface area contributed by atoms with E-state index in [0.29, 0.717) is 18.4 Å². The number of carbonyl (C=O) groups is 1. The molecule has 1 aromatic rings. The van der Waals surface area contributed by atoms with Gasteiger partial charge in [0.15, 0.2) is 0 Å². The number of ether oxygens (including phenoxy) is 1. The summed E-state index contributed by atoms with van der Waals surface area (Å²) in [6.45, 7) is 5.72. The lowest BCUT2D eigenvalue weighted by atomic mass is 10.2. The Bertz CT molecular complexity index is 395. The average molecular weight is 297 g/mol. The van der Waals surface area contributed by atoms with Crippen LogP contribution in [0.4, 0.5) is 0 Å². The summed E-state index contributed by atoms with van der Waals surface area (Å²) in [6, 6.07) is 6.97. The lowest BCUT2D eigenvalue weighted by molar-refractivity contribution is 0.0697. The molecule has 1 atom stereocenters. The topological polar surface area (TPSA) is 58.6 Å². The van der Waals surface area contributed by atoms with E-state index in [1.54, 1.807) is 24.3 Å². The molecule has 0 saturated heterocycles. The second-order valence-electron chi connectivity index (χ2n) is 4.52. The van der Waals surface area contributed by atoms with Crippen LogP contribution in [0.25, 0.3) is 0 Å². The first-order chi connectivity index (χ1) is 9.63. The number of aromatic carboxylic acids is 1. The van der Waals surface area contributed by atoms with Crippen LogP contribution in [0.1, 0.15) is 30.6 Å². The Morgan fingerprint density at radius 2 is 2.10 bits per heavy atom. The molecule has 0 fully saturated rings. The highest BCUT2D eigenvalue weighted by Crippen LogP contribution is 2.11. The van der Waals surface area contributed by atoms with Gasteiger partial charge in [0.05, 0.1) is 5.56 Å². The number of carboxylic acid groups (broad SMARTS) is 1. The van der Waals surface area contributed by atoms with Crippen LogP contribution in [0.2, 0.25) is 0 Å². The van der Waals surface area contributed by atoms with Gasteiger partial charge >= 0.3 is 5.97 Å². The Morgan fingerprint density at radius 1 is 1.40 bits per heavy atom. The van der Waals surface area contributed by atoms with Gasteiger partial charge in [-0.15, -0.1) is 0 Å². The molecule has 20 heavy (non-hydrogen) atoms. The van der Waals surface area contributed by atoms with Gasteiger partial charge in [-0.25, -0.2) is 4.79 Å². The zero-order valence-electron chi connectivity index (χ0n) is 12.1. The Balaban J connectivity index is 2.16. The lowest BCUT2D eigenvalue weighted by Gasteiger charge is -2.13. The summed E-state index contributed by atoms with van der Waals surface area (Å²) in [7, 11) is 0. The number of rotatable bonds is 10. The standard InChI is InChI=1S/C15H23NO3S/c1-3-20-11-8-12(2)16-9-10-19-14-6-4-13(5-7-14)15(17)18/h4-7,12,16H,3,8-11H2,1-2H3,(H,17,18). The summed E-state index contributed by atoms with van der Waals surface area (Å²) in [5, 5.41) is 12.2. The molecule has 0 amide bonds. The molecule has 112 valence electrons. The van der Waals surface area contributed by atoms with Crippen LogP contribution in [0.3, 0.4) is 0 Å². The molecule has 0 spiro atoms. The fraction of sp³-hybridized carbons (Fsp3) is 0.533. The second-order valence-corrected chi connectivity index (χ2v) is 5.91. The molecule has 0 aromatic heterocycles. The highest BCUT2D eigenvalue weighted by Gasteiger charge is 2.03. The van der Waals surface area contributed by atoms with Crippen LogP contribution in [-0.4, -0.2) is 41.8 Å². The predicted octanol–water partition coefficient (Wildman–Crippen LogP) is 2.88. The first-order valence-electron chi connectivity index (χ1n) is 6.90. The fourth-order valence-electron chi connectivity index (χ4n) is 1.67.